The molecule has 0 fully saturated rings. The van der Waals surface area contributed by atoms with E-state index in [9.17, 15) is 0 Å². The minimum atomic E-state index is 0.568. The minimum Gasteiger partial charge on any atom is -0.489 e. The van der Waals surface area contributed by atoms with E-state index in [0.29, 0.717) is 6.61 Å². The van der Waals surface area contributed by atoms with Crippen molar-refractivity contribution < 1.29 is 4.74 Å². The fourth-order valence-corrected chi connectivity index (χ4v) is 3.20. The SMILES string of the molecule is CN1CCc2c(Cl)ccc(OCC=Cc3ccccc3)c2CC1. The number of fused-ring (bicyclic) bond motifs is 1. The van der Waals surface area contributed by atoms with Gasteiger partial charge in [0.2, 0.25) is 0 Å². The van der Waals surface area contributed by atoms with Crippen LogP contribution in [0.3, 0.4) is 0 Å². The summed E-state index contributed by atoms with van der Waals surface area (Å²) < 4.78 is 6.01. The van der Waals surface area contributed by atoms with Gasteiger partial charge in [0, 0.05) is 23.7 Å². The third kappa shape index (κ3) is 4.15. The average molecular weight is 328 g/mol. The summed E-state index contributed by atoms with van der Waals surface area (Å²) in [5.74, 6) is 0.970. The molecule has 0 radical (unpaired) electrons. The van der Waals surface area contributed by atoms with Gasteiger partial charge in [0.15, 0.2) is 0 Å². The Balaban J connectivity index is 1.70. The van der Waals surface area contributed by atoms with Crippen LogP contribution in [0.1, 0.15) is 16.7 Å². The average Bonchev–Trinajstić information content (AvgIpc) is 2.77. The fraction of sp³-hybridized carbons (Fsp3) is 0.300. The molecule has 1 aliphatic heterocycles. The summed E-state index contributed by atoms with van der Waals surface area (Å²) in [6, 6.07) is 14.2. The topological polar surface area (TPSA) is 12.5 Å². The Kier molecular flexibility index (Phi) is 5.37. The lowest BCUT2D eigenvalue weighted by Crippen LogP contribution is -2.20. The molecular weight excluding hydrogens is 306 g/mol. The van der Waals surface area contributed by atoms with Crippen LogP contribution in [0.4, 0.5) is 0 Å². The lowest BCUT2D eigenvalue weighted by atomic mass is 10.0. The van der Waals surface area contributed by atoms with Crippen LogP contribution < -0.4 is 4.74 Å². The number of halogens is 1. The molecule has 0 atom stereocenters. The third-order valence-electron chi connectivity index (χ3n) is 4.26. The van der Waals surface area contributed by atoms with Crippen LogP contribution in [0.25, 0.3) is 6.08 Å². The summed E-state index contributed by atoms with van der Waals surface area (Å²) in [7, 11) is 2.16. The molecule has 2 nitrogen and oxygen atoms in total. The highest BCUT2D eigenvalue weighted by molar-refractivity contribution is 6.31. The minimum absolute atomic E-state index is 0.568. The lowest BCUT2D eigenvalue weighted by Gasteiger charge is -2.14. The molecule has 23 heavy (non-hydrogen) atoms. The van der Waals surface area contributed by atoms with E-state index >= 15 is 0 Å². The van der Waals surface area contributed by atoms with Gasteiger partial charge in [-0.15, -0.1) is 0 Å². The van der Waals surface area contributed by atoms with E-state index in [1.165, 1.54) is 16.7 Å². The molecule has 3 heteroatoms. The summed E-state index contributed by atoms with van der Waals surface area (Å²) in [6.45, 7) is 2.66. The van der Waals surface area contributed by atoms with Crippen molar-refractivity contribution in [1.29, 1.82) is 0 Å². The van der Waals surface area contributed by atoms with Gasteiger partial charge in [-0.2, -0.15) is 0 Å². The second kappa shape index (κ2) is 7.67. The van der Waals surface area contributed by atoms with Gasteiger partial charge in [0.25, 0.3) is 0 Å². The van der Waals surface area contributed by atoms with Gasteiger partial charge in [0.05, 0.1) is 0 Å². The third-order valence-corrected chi connectivity index (χ3v) is 4.62. The first-order valence-corrected chi connectivity index (χ1v) is 8.45. The Hall–Kier alpha value is -1.77. The highest BCUT2D eigenvalue weighted by atomic mass is 35.5. The van der Waals surface area contributed by atoms with Crippen LogP contribution in [0.5, 0.6) is 5.75 Å². The quantitative estimate of drug-likeness (QED) is 0.822. The number of hydrogen-bond acceptors (Lipinski definition) is 2. The largest absolute Gasteiger partial charge is 0.489 e. The van der Waals surface area contributed by atoms with Gasteiger partial charge in [-0.25, -0.2) is 0 Å². The maximum Gasteiger partial charge on any atom is 0.123 e. The second-order valence-corrected chi connectivity index (χ2v) is 6.34. The lowest BCUT2D eigenvalue weighted by molar-refractivity contribution is 0.344. The normalized spacial score (nSPS) is 15.4. The van der Waals surface area contributed by atoms with Crippen LogP contribution in [0.2, 0.25) is 5.02 Å². The van der Waals surface area contributed by atoms with Gasteiger partial charge < -0.3 is 9.64 Å². The van der Waals surface area contributed by atoms with Crippen molar-refractivity contribution in [2.75, 3.05) is 26.7 Å². The summed E-state index contributed by atoms with van der Waals surface area (Å²) in [5.41, 5.74) is 3.71. The Morgan fingerprint density at radius 3 is 2.57 bits per heavy atom. The van der Waals surface area contributed by atoms with Crippen LogP contribution in [0, 0.1) is 0 Å². The number of benzene rings is 2. The molecule has 2 aromatic carbocycles. The Bertz CT molecular complexity index is 682. The Morgan fingerprint density at radius 2 is 1.78 bits per heavy atom. The number of nitrogens with zero attached hydrogens (tertiary/aromatic N) is 1. The predicted octanol–water partition coefficient (Wildman–Crippen LogP) is 4.46. The van der Waals surface area contributed by atoms with Gasteiger partial charge in [-0.05, 0) is 49.2 Å². The molecule has 0 unspecified atom stereocenters. The molecule has 0 N–H and O–H groups in total. The van der Waals surface area contributed by atoms with Gasteiger partial charge in [0.1, 0.15) is 12.4 Å². The molecule has 0 aliphatic carbocycles. The van der Waals surface area contributed by atoms with E-state index < -0.39 is 0 Å². The van der Waals surface area contributed by atoms with Crippen LogP contribution in [-0.2, 0) is 12.8 Å². The fourth-order valence-electron chi connectivity index (χ4n) is 2.93. The first kappa shape index (κ1) is 16.1. The first-order valence-electron chi connectivity index (χ1n) is 8.07. The molecule has 0 aromatic heterocycles. The number of ether oxygens (including phenoxy) is 1. The zero-order valence-corrected chi connectivity index (χ0v) is 14.2. The number of rotatable bonds is 4. The first-order chi connectivity index (χ1) is 11.2. The molecule has 3 rings (SSSR count). The molecule has 1 heterocycles. The van der Waals surface area contributed by atoms with Gasteiger partial charge in [-0.3, -0.25) is 0 Å². The molecular formula is C20H22ClNO. The molecule has 0 spiro atoms. The second-order valence-electron chi connectivity index (χ2n) is 5.93. The molecule has 0 saturated heterocycles. The van der Waals surface area contributed by atoms with E-state index in [-0.39, 0.29) is 0 Å². The van der Waals surface area contributed by atoms with Crippen LogP contribution in [0.15, 0.2) is 48.5 Å². The van der Waals surface area contributed by atoms with E-state index in [4.69, 9.17) is 16.3 Å². The van der Waals surface area contributed by atoms with Gasteiger partial charge >= 0.3 is 0 Å². The Morgan fingerprint density at radius 1 is 1.04 bits per heavy atom. The summed E-state index contributed by atoms with van der Waals surface area (Å²) in [6.07, 6.45) is 6.12. The van der Waals surface area contributed by atoms with Crippen molar-refractivity contribution >= 4 is 17.7 Å². The summed E-state index contributed by atoms with van der Waals surface area (Å²) >= 11 is 6.39. The zero-order chi connectivity index (χ0) is 16.1. The van der Waals surface area contributed by atoms with Crippen molar-refractivity contribution in [1.82, 2.24) is 4.90 Å². The van der Waals surface area contributed by atoms with Crippen molar-refractivity contribution in [3.05, 3.63) is 70.3 Å². The summed E-state index contributed by atoms with van der Waals surface area (Å²) in [5, 5.41) is 0.863. The molecule has 0 amide bonds. The molecule has 2 aromatic rings. The predicted molar refractivity (Wildman–Crippen MR) is 97.3 cm³/mol. The van der Waals surface area contributed by atoms with Crippen molar-refractivity contribution in [2.45, 2.75) is 12.8 Å². The zero-order valence-electron chi connectivity index (χ0n) is 13.5. The van der Waals surface area contributed by atoms with E-state index in [1.54, 1.807) is 0 Å². The highest BCUT2D eigenvalue weighted by Gasteiger charge is 2.17. The van der Waals surface area contributed by atoms with Crippen molar-refractivity contribution in [2.24, 2.45) is 0 Å². The standard InChI is InChI=1S/C20H22ClNO/c1-22-13-11-17-18(12-14-22)20(10-9-19(17)21)23-15-5-8-16-6-3-2-4-7-16/h2-10H,11-15H2,1H3. The maximum atomic E-state index is 6.39. The summed E-state index contributed by atoms with van der Waals surface area (Å²) in [4.78, 5) is 2.34. The number of hydrogen-bond donors (Lipinski definition) is 0. The highest BCUT2D eigenvalue weighted by Crippen LogP contribution is 2.31. The van der Waals surface area contributed by atoms with Crippen molar-refractivity contribution in [3.8, 4) is 5.75 Å². The monoisotopic (exact) mass is 327 g/mol. The molecule has 1 aliphatic rings. The number of likely N-dealkylation sites (N-methyl/N-ethyl adjacent to an activating group) is 1. The molecule has 120 valence electrons. The smallest absolute Gasteiger partial charge is 0.123 e. The van der Waals surface area contributed by atoms with E-state index in [2.05, 4.69) is 36.2 Å². The van der Waals surface area contributed by atoms with E-state index in [1.807, 2.05) is 30.3 Å². The Labute approximate surface area is 143 Å². The van der Waals surface area contributed by atoms with Gasteiger partial charge in [-0.1, -0.05) is 48.0 Å². The van der Waals surface area contributed by atoms with Crippen molar-refractivity contribution in [3.63, 3.8) is 0 Å². The maximum absolute atomic E-state index is 6.39. The molecule has 0 saturated carbocycles. The molecule has 0 bridgehead atoms. The van der Waals surface area contributed by atoms with Crippen LogP contribution in [-0.4, -0.2) is 31.6 Å². The van der Waals surface area contributed by atoms with E-state index in [0.717, 1.165) is 36.7 Å². The van der Waals surface area contributed by atoms with Crippen LogP contribution >= 0.6 is 11.6 Å².